The lowest BCUT2D eigenvalue weighted by atomic mass is 10.1. The predicted octanol–water partition coefficient (Wildman–Crippen LogP) is 5.13. The molecule has 2 rings (SSSR count). The van der Waals surface area contributed by atoms with E-state index in [-0.39, 0.29) is 11.9 Å². The van der Waals surface area contributed by atoms with E-state index in [0.29, 0.717) is 4.47 Å². The molecule has 1 N–H and O–H groups in total. The number of halogens is 2. The van der Waals surface area contributed by atoms with Crippen LogP contribution in [-0.4, -0.2) is 0 Å². The van der Waals surface area contributed by atoms with Gasteiger partial charge in [-0.1, -0.05) is 6.07 Å². The number of nitrogens with one attached hydrogen (secondary N) is 1. The predicted molar refractivity (Wildman–Crippen MR) is 75.2 cm³/mol. The van der Waals surface area contributed by atoms with Crippen LogP contribution in [0.25, 0.3) is 0 Å². The number of benzene rings is 1. The summed E-state index contributed by atoms with van der Waals surface area (Å²) in [4.78, 5) is 1.27. The van der Waals surface area contributed by atoms with Crippen molar-refractivity contribution in [1.82, 2.24) is 0 Å². The molecule has 0 aliphatic carbocycles. The number of rotatable bonds is 3. The Morgan fingerprint density at radius 1 is 1.41 bits per heavy atom. The van der Waals surface area contributed by atoms with Crippen molar-refractivity contribution in [2.24, 2.45) is 0 Å². The molecule has 0 aliphatic heterocycles. The average molecular weight is 314 g/mol. The second-order valence-corrected chi connectivity index (χ2v) is 5.80. The molecule has 0 amide bonds. The first-order chi connectivity index (χ1) is 8.08. The zero-order valence-corrected chi connectivity index (χ0v) is 12.0. The summed E-state index contributed by atoms with van der Waals surface area (Å²) in [5.74, 6) is -0.225. The number of aryl methyl sites for hydroxylation is 1. The summed E-state index contributed by atoms with van der Waals surface area (Å²) >= 11 is 4.92. The van der Waals surface area contributed by atoms with Crippen LogP contribution in [0, 0.1) is 12.7 Å². The molecule has 2 aromatic rings. The highest BCUT2D eigenvalue weighted by atomic mass is 79.9. The van der Waals surface area contributed by atoms with Gasteiger partial charge in [0, 0.05) is 10.6 Å². The fourth-order valence-electron chi connectivity index (χ4n) is 1.64. The molecule has 1 unspecified atom stereocenters. The minimum Gasteiger partial charge on any atom is -0.377 e. The molecule has 0 aliphatic rings. The third-order valence-electron chi connectivity index (χ3n) is 2.61. The lowest BCUT2D eigenvalue weighted by Crippen LogP contribution is -2.06. The Morgan fingerprint density at radius 2 is 2.18 bits per heavy atom. The number of thiophene rings is 1. The molecule has 1 nitrogen and oxygen atoms in total. The molecule has 1 heterocycles. The van der Waals surface area contributed by atoms with E-state index >= 15 is 0 Å². The summed E-state index contributed by atoms with van der Waals surface area (Å²) in [6.45, 7) is 4.00. The molecule has 1 aromatic carbocycles. The van der Waals surface area contributed by atoms with Crippen LogP contribution in [0.15, 0.2) is 34.1 Å². The maximum atomic E-state index is 13.3. The van der Waals surface area contributed by atoms with Crippen molar-refractivity contribution < 1.29 is 4.39 Å². The molecule has 0 bridgehead atoms. The smallest absolute Gasteiger partial charge is 0.137 e. The Balaban J connectivity index is 2.22. The summed E-state index contributed by atoms with van der Waals surface area (Å²) in [5, 5.41) is 5.45. The van der Waals surface area contributed by atoms with Gasteiger partial charge in [0.25, 0.3) is 0 Å². The zero-order chi connectivity index (χ0) is 12.4. The second-order valence-electron chi connectivity index (χ2n) is 3.96. The van der Waals surface area contributed by atoms with Gasteiger partial charge in [0.2, 0.25) is 0 Å². The maximum Gasteiger partial charge on any atom is 0.137 e. The van der Waals surface area contributed by atoms with E-state index in [1.807, 2.05) is 13.0 Å². The Kier molecular flexibility index (Phi) is 3.84. The maximum absolute atomic E-state index is 13.3. The van der Waals surface area contributed by atoms with Crippen LogP contribution in [0.1, 0.15) is 23.4 Å². The van der Waals surface area contributed by atoms with E-state index in [1.54, 1.807) is 17.4 Å². The van der Waals surface area contributed by atoms with Crippen LogP contribution in [0.3, 0.4) is 0 Å². The molecule has 0 radical (unpaired) electrons. The SMILES string of the molecule is Cc1cc(F)c(Br)cc1NC(C)c1cccs1. The lowest BCUT2D eigenvalue weighted by Gasteiger charge is -2.16. The molecule has 1 aromatic heterocycles. The Hall–Kier alpha value is -0.870. The van der Waals surface area contributed by atoms with E-state index in [9.17, 15) is 4.39 Å². The molecular weight excluding hydrogens is 301 g/mol. The van der Waals surface area contributed by atoms with Gasteiger partial charge in [0.05, 0.1) is 10.5 Å². The van der Waals surface area contributed by atoms with Crippen molar-refractivity contribution in [3.05, 3.63) is 50.4 Å². The summed E-state index contributed by atoms with van der Waals surface area (Å²) in [6, 6.07) is 7.68. The molecule has 0 saturated heterocycles. The van der Waals surface area contributed by atoms with E-state index in [4.69, 9.17) is 0 Å². The standard InChI is InChI=1S/C13H13BrFNS/c1-8-6-11(15)10(14)7-12(8)16-9(2)13-4-3-5-17-13/h3-7,9,16H,1-2H3. The molecule has 0 saturated carbocycles. The summed E-state index contributed by atoms with van der Waals surface area (Å²) in [6.07, 6.45) is 0. The Labute approximate surface area is 113 Å². The first-order valence-electron chi connectivity index (χ1n) is 5.33. The summed E-state index contributed by atoms with van der Waals surface area (Å²) < 4.78 is 13.8. The minimum absolute atomic E-state index is 0.225. The van der Waals surface area contributed by atoms with Gasteiger partial charge in [-0.25, -0.2) is 4.39 Å². The van der Waals surface area contributed by atoms with E-state index in [1.165, 1.54) is 10.9 Å². The van der Waals surface area contributed by atoms with Crippen LogP contribution < -0.4 is 5.32 Å². The normalized spacial score (nSPS) is 12.5. The molecular formula is C13H13BrFNS. The molecule has 17 heavy (non-hydrogen) atoms. The lowest BCUT2D eigenvalue weighted by molar-refractivity contribution is 0.620. The first kappa shape index (κ1) is 12.6. The van der Waals surface area contributed by atoms with E-state index in [0.717, 1.165) is 11.3 Å². The van der Waals surface area contributed by atoms with Crippen molar-refractivity contribution in [1.29, 1.82) is 0 Å². The van der Waals surface area contributed by atoms with Gasteiger partial charge in [0.15, 0.2) is 0 Å². The topological polar surface area (TPSA) is 12.0 Å². The van der Waals surface area contributed by atoms with Gasteiger partial charge in [0.1, 0.15) is 5.82 Å². The van der Waals surface area contributed by atoms with Gasteiger partial charge in [-0.15, -0.1) is 11.3 Å². The van der Waals surface area contributed by atoms with Crippen LogP contribution in [-0.2, 0) is 0 Å². The minimum atomic E-state index is -0.225. The van der Waals surface area contributed by atoms with Crippen LogP contribution in [0.4, 0.5) is 10.1 Å². The zero-order valence-electron chi connectivity index (χ0n) is 9.63. The van der Waals surface area contributed by atoms with Gasteiger partial charge in [-0.2, -0.15) is 0 Å². The molecule has 0 fully saturated rings. The quantitative estimate of drug-likeness (QED) is 0.828. The van der Waals surface area contributed by atoms with Crippen molar-refractivity contribution in [2.45, 2.75) is 19.9 Å². The van der Waals surface area contributed by atoms with Gasteiger partial charge >= 0.3 is 0 Å². The second kappa shape index (κ2) is 5.19. The van der Waals surface area contributed by atoms with Gasteiger partial charge in [-0.05, 0) is 58.9 Å². The van der Waals surface area contributed by atoms with Crippen molar-refractivity contribution >= 4 is 33.0 Å². The van der Waals surface area contributed by atoms with Crippen LogP contribution >= 0.6 is 27.3 Å². The molecule has 0 spiro atoms. The summed E-state index contributed by atoms with van der Waals surface area (Å²) in [7, 11) is 0. The van der Waals surface area contributed by atoms with Gasteiger partial charge < -0.3 is 5.32 Å². The van der Waals surface area contributed by atoms with Crippen molar-refractivity contribution in [3.63, 3.8) is 0 Å². The number of hydrogen-bond acceptors (Lipinski definition) is 2. The van der Waals surface area contributed by atoms with Crippen LogP contribution in [0.2, 0.25) is 0 Å². The highest BCUT2D eigenvalue weighted by molar-refractivity contribution is 9.10. The van der Waals surface area contributed by atoms with Gasteiger partial charge in [-0.3, -0.25) is 0 Å². The number of anilines is 1. The van der Waals surface area contributed by atoms with Crippen molar-refractivity contribution in [3.8, 4) is 0 Å². The first-order valence-corrected chi connectivity index (χ1v) is 7.01. The fraction of sp³-hybridized carbons (Fsp3) is 0.231. The average Bonchev–Trinajstić information content (AvgIpc) is 2.79. The fourth-order valence-corrected chi connectivity index (χ4v) is 2.72. The summed E-state index contributed by atoms with van der Waals surface area (Å²) in [5.41, 5.74) is 1.87. The molecule has 4 heteroatoms. The largest absolute Gasteiger partial charge is 0.377 e. The van der Waals surface area contributed by atoms with Crippen molar-refractivity contribution in [2.75, 3.05) is 5.32 Å². The van der Waals surface area contributed by atoms with E-state index < -0.39 is 0 Å². The molecule has 1 atom stereocenters. The third kappa shape index (κ3) is 2.87. The molecule has 90 valence electrons. The third-order valence-corrected chi connectivity index (χ3v) is 4.27. The Bertz CT molecular complexity index is 510. The monoisotopic (exact) mass is 313 g/mol. The number of hydrogen-bond donors (Lipinski definition) is 1. The Morgan fingerprint density at radius 3 is 2.82 bits per heavy atom. The highest BCUT2D eigenvalue weighted by Gasteiger charge is 2.10. The van der Waals surface area contributed by atoms with Crippen LogP contribution in [0.5, 0.6) is 0 Å². The van der Waals surface area contributed by atoms with E-state index in [2.05, 4.69) is 39.6 Å². The highest BCUT2D eigenvalue weighted by Crippen LogP contribution is 2.28.